The molecule has 3 heterocycles. The molecular formula is C26H26N6. The number of anilines is 1. The van der Waals surface area contributed by atoms with Crippen molar-refractivity contribution < 1.29 is 0 Å². The van der Waals surface area contributed by atoms with E-state index in [0.29, 0.717) is 24.0 Å². The van der Waals surface area contributed by atoms with Gasteiger partial charge in [-0.1, -0.05) is 43.3 Å². The van der Waals surface area contributed by atoms with Crippen molar-refractivity contribution in [1.29, 1.82) is 5.26 Å². The van der Waals surface area contributed by atoms with E-state index in [4.69, 9.17) is 9.97 Å². The molecule has 0 aliphatic carbocycles. The number of benzene rings is 2. The number of aryl methyl sites for hydroxylation is 1. The normalized spacial score (nSPS) is 16.0. The third-order valence-corrected chi connectivity index (χ3v) is 6.16. The summed E-state index contributed by atoms with van der Waals surface area (Å²) in [6, 6.07) is 20.5. The second-order valence-electron chi connectivity index (χ2n) is 8.64. The second-order valence-corrected chi connectivity index (χ2v) is 8.64. The van der Waals surface area contributed by atoms with Crippen molar-refractivity contribution in [3.63, 3.8) is 0 Å². The third-order valence-electron chi connectivity index (χ3n) is 6.16. The van der Waals surface area contributed by atoms with E-state index in [1.807, 2.05) is 37.3 Å². The van der Waals surface area contributed by atoms with Gasteiger partial charge < -0.3 is 10.2 Å². The molecule has 6 nitrogen and oxygen atoms in total. The van der Waals surface area contributed by atoms with Gasteiger partial charge in [0, 0.05) is 42.2 Å². The molecule has 1 atom stereocenters. The first-order chi connectivity index (χ1) is 15.5. The third kappa shape index (κ3) is 3.51. The Morgan fingerprint density at radius 2 is 1.94 bits per heavy atom. The molecule has 2 aromatic carbocycles. The van der Waals surface area contributed by atoms with Crippen LogP contribution in [0.2, 0.25) is 0 Å². The number of aromatic nitrogens is 3. The summed E-state index contributed by atoms with van der Waals surface area (Å²) < 4.78 is 2.06. The summed E-state index contributed by atoms with van der Waals surface area (Å²) >= 11 is 0. The number of likely N-dealkylation sites (N-methyl/N-ethyl adjacent to an activating group) is 1. The highest BCUT2D eigenvalue weighted by atomic mass is 15.2. The highest BCUT2D eigenvalue weighted by Crippen LogP contribution is 2.33. The summed E-state index contributed by atoms with van der Waals surface area (Å²) in [4.78, 5) is 12.4. The average molecular weight is 423 g/mol. The van der Waals surface area contributed by atoms with Gasteiger partial charge in [0.05, 0.1) is 22.8 Å². The minimum absolute atomic E-state index is 0.305. The van der Waals surface area contributed by atoms with Gasteiger partial charge >= 0.3 is 0 Å². The van der Waals surface area contributed by atoms with Crippen molar-refractivity contribution in [2.75, 3.05) is 18.9 Å². The van der Waals surface area contributed by atoms with Crippen molar-refractivity contribution in [2.24, 2.45) is 0 Å². The maximum Gasteiger partial charge on any atom is 0.236 e. The highest BCUT2D eigenvalue weighted by molar-refractivity contribution is 5.88. The number of nitrogens with zero attached hydrogens (tertiary/aromatic N) is 5. The second kappa shape index (κ2) is 8.10. The van der Waals surface area contributed by atoms with Crippen LogP contribution in [-0.2, 0) is 13.1 Å². The van der Waals surface area contributed by atoms with Crippen LogP contribution in [0.3, 0.4) is 0 Å². The van der Waals surface area contributed by atoms with E-state index < -0.39 is 0 Å². The van der Waals surface area contributed by atoms with Crippen LogP contribution < -0.4 is 5.32 Å². The molecule has 0 fully saturated rings. The van der Waals surface area contributed by atoms with Crippen LogP contribution in [0.25, 0.3) is 16.9 Å². The van der Waals surface area contributed by atoms with E-state index in [2.05, 4.69) is 59.1 Å². The molecule has 0 radical (unpaired) electrons. The lowest BCUT2D eigenvalue weighted by Gasteiger charge is -2.31. The maximum absolute atomic E-state index is 9.54. The zero-order valence-electron chi connectivity index (χ0n) is 18.6. The molecule has 5 rings (SSSR count). The number of rotatable bonds is 4. The molecule has 2 aromatic heterocycles. The first kappa shape index (κ1) is 20.2. The zero-order valence-corrected chi connectivity index (χ0v) is 18.6. The molecule has 160 valence electrons. The monoisotopic (exact) mass is 422 g/mol. The maximum atomic E-state index is 9.54. The standard InChI is InChI=1S/C26H26N6/c1-17-15-31(3)16-22-24(17)29-26(30-25(22)28-14-19-8-5-4-6-9-19)32-18(2)12-21-20(13-27)10-7-11-23(21)32/h4-12,17H,14-16H2,1-3H3,(H,28,29,30). The van der Waals surface area contributed by atoms with Crippen LogP contribution in [0.15, 0.2) is 54.6 Å². The Kier molecular flexibility index (Phi) is 5.12. The zero-order chi connectivity index (χ0) is 22.2. The van der Waals surface area contributed by atoms with E-state index in [9.17, 15) is 5.26 Å². The lowest BCUT2D eigenvalue weighted by atomic mass is 9.97. The number of nitrogens with one attached hydrogen (secondary N) is 1. The highest BCUT2D eigenvalue weighted by Gasteiger charge is 2.27. The molecule has 0 spiro atoms. The quantitative estimate of drug-likeness (QED) is 0.513. The van der Waals surface area contributed by atoms with Crippen molar-refractivity contribution >= 4 is 16.7 Å². The van der Waals surface area contributed by atoms with Crippen molar-refractivity contribution in [1.82, 2.24) is 19.4 Å². The van der Waals surface area contributed by atoms with Crippen LogP contribution in [0.4, 0.5) is 5.82 Å². The molecule has 1 N–H and O–H groups in total. The van der Waals surface area contributed by atoms with E-state index in [1.165, 1.54) is 5.56 Å². The minimum atomic E-state index is 0.305. The van der Waals surface area contributed by atoms with Gasteiger partial charge in [0.1, 0.15) is 5.82 Å². The van der Waals surface area contributed by atoms with Crippen LogP contribution in [0, 0.1) is 18.3 Å². The van der Waals surface area contributed by atoms with Gasteiger partial charge in [0.15, 0.2) is 0 Å². The smallest absolute Gasteiger partial charge is 0.236 e. The first-order valence-corrected chi connectivity index (χ1v) is 10.9. The Balaban J connectivity index is 1.66. The molecule has 0 bridgehead atoms. The predicted octanol–water partition coefficient (Wildman–Crippen LogP) is 4.76. The molecule has 0 amide bonds. The van der Waals surface area contributed by atoms with Gasteiger partial charge in [-0.2, -0.15) is 10.2 Å². The number of hydrogen-bond acceptors (Lipinski definition) is 5. The fraction of sp³-hybridized carbons (Fsp3) is 0.269. The Labute approximate surface area is 188 Å². The van der Waals surface area contributed by atoms with E-state index >= 15 is 0 Å². The van der Waals surface area contributed by atoms with Gasteiger partial charge in [-0.25, -0.2) is 4.98 Å². The average Bonchev–Trinajstić information content (AvgIpc) is 3.14. The molecule has 1 unspecified atom stereocenters. The molecule has 32 heavy (non-hydrogen) atoms. The van der Waals surface area contributed by atoms with Gasteiger partial charge in [0.2, 0.25) is 5.95 Å². The Morgan fingerprint density at radius 3 is 2.72 bits per heavy atom. The predicted molar refractivity (Wildman–Crippen MR) is 127 cm³/mol. The van der Waals surface area contributed by atoms with Crippen LogP contribution in [0.1, 0.15) is 40.9 Å². The van der Waals surface area contributed by atoms with Gasteiger partial charge in [0.25, 0.3) is 0 Å². The molecule has 0 saturated carbocycles. The summed E-state index contributed by atoms with van der Waals surface area (Å²) in [6.45, 7) is 6.75. The fourth-order valence-electron chi connectivity index (χ4n) is 4.69. The number of hydrogen-bond donors (Lipinski definition) is 1. The molecule has 0 saturated heterocycles. The molecule has 1 aliphatic rings. The van der Waals surface area contributed by atoms with Gasteiger partial charge in [-0.15, -0.1) is 0 Å². The summed E-state index contributed by atoms with van der Waals surface area (Å²) in [5.41, 5.74) is 6.10. The molecular weight excluding hydrogens is 396 g/mol. The lowest BCUT2D eigenvalue weighted by Crippen LogP contribution is -2.31. The summed E-state index contributed by atoms with van der Waals surface area (Å²) in [5, 5.41) is 14.1. The summed E-state index contributed by atoms with van der Waals surface area (Å²) in [7, 11) is 2.14. The summed E-state index contributed by atoms with van der Waals surface area (Å²) in [5.74, 6) is 1.84. The Morgan fingerprint density at radius 1 is 1.12 bits per heavy atom. The van der Waals surface area contributed by atoms with Gasteiger partial charge in [-0.05, 0) is 37.7 Å². The van der Waals surface area contributed by atoms with Crippen molar-refractivity contribution in [2.45, 2.75) is 32.9 Å². The topological polar surface area (TPSA) is 69.8 Å². The molecule has 6 heteroatoms. The Hall–Kier alpha value is -3.69. The number of nitriles is 1. The van der Waals surface area contributed by atoms with Crippen LogP contribution >= 0.6 is 0 Å². The Bertz CT molecular complexity index is 1330. The lowest BCUT2D eigenvalue weighted by molar-refractivity contribution is 0.284. The molecule has 4 aromatic rings. The van der Waals surface area contributed by atoms with Crippen molar-refractivity contribution in [3.8, 4) is 12.0 Å². The van der Waals surface area contributed by atoms with E-state index in [1.54, 1.807) is 0 Å². The summed E-state index contributed by atoms with van der Waals surface area (Å²) in [6.07, 6.45) is 0. The van der Waals surface area contributed by atoms with Crippen molar-refractivity contribution in [3.05, 3.63) is 82.7 Å². The van der Waals surface area contributed by atoms with Gasteiger partial charge in [-0.3, -0.25) is 4.57 Å². The van der Waals surface area contributed by atoms with E-state index in [0.717, 1.165) is 46.8 Å². The number of fused-ring (bicyclic) bond motifs is 2. The minimum Gasteiger partial charge on any atom is -0.366 e. The molecule has 1 aliphatic heterocycles. The van der Waals surface area contributed by atoms with Crippen LogP contribution in [0.5, 0.6) is 0 Å². The fourth-order valence-corrected chi connectivity index (χ4v) is 4.69. The largest absolute Gasteiger partial charge is 0.366 e. The first-order valence-electron chi connectivity index (χ1n) is 10.9. The SMILES string of the molecule is Cc1cc2c(C#N)cccc2n1-c1nc(NCc2ccccc2)c2c(n1)C(C)CN(C)C2. The van der Waals surface area contributed by atoms with E-state index in [-0.39, 0.29) is 0 Å². The van der Waals surface area contributed by atoms with Crippen LogP contribution in [-0.4, -0.2) is 33.0 Å².